The second-order valence-electron chi connectivity index (χ2n) is 6.46. The quantitative estimate of drug-likeness (QED) is 0.774. The fourth-order valence-corrected chi connectivity index (χ4v) is 3.66. The molecule has 1 aliphatic heterocycles. The van der Waals surface area contributed by atoms with Crippen LogP contribution < -0.4 is 10.2 Å². The van der Waals surface area contributed by atoms with E-state index in [2.05, 4.69) is 20.8 Å². The fourth-order valence-electron chi connectivity index (χ4n) is 2.68. The van der Waals surface area contributed by atoms with Gasteiger partial charge in [-0.15, -0.1) is 5.10 Å². The number of hydrogen-bond donors (Lipinski definition) is 1. The van der Waals surface area contributed by atoms with Gasteiger partial charge in [-0.1, -0.05) is 11.8 Å². The Labute approximate surface area is 162 Å². The molecule has 2 heterocycles. The molecule has 1 unspecified atom stereocenters. The van der Waals surface area contributed by atoms with Crippen LogP contribution in [0, 0.1) is 0 Å². The van der Waals surface area contributed by atoms with Crippen LogP contribution in [-0.4, -0.2) is 43.8 Å². The van der Waals surface area contributed by atoms with Crippen molar-refractivity contribution in [3.8, 4) is 0 Å². The van der Waals surface area contributed by atoms with Gasteiger partial charge >= 0.3 is 6.18 Å². The van der Waals surface area contributed by atoms with Crippen LogP contribution in [0.3, 0.4) is 0 Å². The predicted molar refractivity (Wildman–Crippen MR) is 95.9 cm³/mol. The number of nitrogens with zero attached hydrogens (tertiary/aromatic N) is 5. The normalized spacial score (nSPS) is 15.4. The molecule has 1 N–H and O–H groups in total. The molecule has 3 rings (SSSR count). The molecule has 2 aromatic rings. The van der Waals surface area contributed by atoms with Crippen LogP contribution >= 0.6 is 11.8 Å². The van der Waals surface area contributed by atoms with Gasteiger partial charge in [0.15, 0.2) is 0 Å². The second-order valence-corrected chi connectivity index (χ2v) is 7.77. The van der Waals surface area contributed by atoms with E-state index in [1.54, 1.807) is 11.6 Å². The number of benzene rings is 1. The molecule has 0 radical (unpaired) electrons. The molecule has 2 amide bonds. The zero-order chi connectivity index (χ0) is 20.6. The molecule has 0 saturated carbocycles. The topological polar surface area (TPSA) is 93.0 Å². The van der Waals surface area contributed by atoms with Gasteiger partial charge in [0.25, 0.3) is 0 Å². The van der Waals surface area contributed by atoms with E-state index in [-0.39, 0.29) is 24.0 Å². The number of nitrogens with one attached hydrogen (secondary N) is 1. The number of tetrazole rings is 1. The van der Waals surface area contributed by atoms with Crippen LogP contribution in [-0.2, 0) is 15.8 Å². The number of aromatic nitrogens is 4. The predicted octanol–water partition coefficient (Wildman–Crippen LogP) is 2.74. The summed E-state index contributed by atoms with van der Waals surface area (Å²) in [6.07, 6.45) is -4.55. The molecule has 12 heteroatoms. The highest BCUT2D eigenvalue weighted by Crippen LogP contribution is 2.37. The maximum Gasteiger partial charge on any atom is 0.416 e. The van der Waals surface area contributed by atoms with E-state index in [4.69, 9.17) is 0 Å². The number of halogens is 3. The van der Waals surface area contributed by atoms with Gasteiger partial charge in [-0.3, -0.25) is 14.5 Å². The van der Waals surface area contributed by atoms with E-state index in [1.807, 2.05) is 13.8 Å². The van der Waals surface area contributed by atoms with Crippen molar-refractivity contribution in [1.29, 1.82) is 0 Å². The first-order chi connectivity index (χ1) is 13.1. The Morgan fingerprint density at radius 3 is 2.64 bits per heavy atom. The molecule has 0 bridgehead atoms. The van der Waals surface area contributed by atoms with E-state index < -0.39 is 28.8 Å². The number of thioether (sulfide) groups is 1. The minimum atomic E-state index is -4.55. The molecule has 0 fully saturated rings. The molecule has 1 aliphatic rings. The van der Waals surface area contributed by atoms with Crippen LogP contribution in [0.4, 0.5) is 24.5 Å². The van der Waals surface area contributed by atoms with Crippen LogP contribution in [0.1, 0.15) is 32.4 Å². The first-order valence-corrected chi connectivity index (χ1v) is 9.23. The number of alkyl halides is 3. The minimum Gasteiger partial charge on any atom is -0.323 e. The van der Waals surface area contributed by atoms with Crippen molar-refractivity contribution in [2.24, 2.45) is 0 Å². The van der Waals surface area contributed by atoms with E-state index in [0.717, 1.165) is 23.9 Å². The first-order valence-electron chi connectivity index (χ1n) is 8.35. The van der Waals surface area contributed by atoms with Crippen molar-refractivity contribution in [2.45, 2.75) is 43.4 Å². The second kappa shape index (κ2) is 7.41. The summed E-state index contributed by atoms with van der Waals surface area (Å²) in [5.74, 6) is -0.997. The van der Waals surface area contributed by atoms with Crippen molar-refractivity contribution < 1.29 is 22.8 Å². The van der Waals surface area contributed by atoms with Crippen LogP contribution in [0.2, 0.25) is 0 Å². The monoisotopic (exact) mass is 414 g/mol. The molecule has 0 spiro atoms. The standard InChI is InChI=1S/C16H17F3N6O2S/c1-8(2)25-15(21-22-23-25)28-9(3)14(27)24-7-13(26)20-11-6-10(16(17,18)19)4-5-12(11)24/h4-6,8-9H,7H2,1-3H3,(H,20,26). The molecular weight excluding hydrogens is 397 g/mol. The Bertz CT molecular complexity index is 914. The first kappa shape index (κ1) is 20.1. The SMILES string of the molecule is CC(Sc1nnnn1C(C)C)C(=O)N1CC(=O)Nc2cc(C(F)(F)F)ccc21. The molecule has 8 nitrogen and oxygen atoms in total. The lowest BCUT2D eigenvalue weighted by Crippen LogP contribution is -2.45. The summed E-state index contributed by atoms with van der Waals surface area (Å²) >= 11 is 1.11. The van der Waals surface area contributed by atoms with Crippen molar-refractivity contribution in [3.63, 3.8) is 0 Å². The Morgan fingerprint density at radius 2 is 2.00 bits per heavy atom. The van der Waals surface area contributed by atoms with Crippen molar-refractivity contribution in [3.05, 3.63) is 23.8 Å². The lowest BCUT2D eigenvalue weighted by Gasteiger charge is -2.31. The van der Waals surface area contributed by atoms with Gasteiger partial charge < -0.3 is 5.32 Å². The summed E-state index contributed by atoms with van der Waals surface area (Å²) in [7, 11) is 0. The summed E-state index contributed by atoms with van der Waals surface area (Å²) in [6.45, 7) is 5.12. The number of amides is 2. The minimum absolute atomic E-state index is 0.0120. The van der Waals surface area contributed by atoms with Crippen LogP contribution in [0.15, 0.2) is 23.4 Å². The average molecular weight is 414 g/mol. The third kappa shape index (κ3) is 3.96. The average Bonchev–Trinajstić information content (AvgIpc) is 3.07. The fraction of sp³-hybridized carbons (Fsp3) is 0.438. The van der Waals surface area contributed by atoms with E-state index in [9.17, 15) is 22.8 Å². The zero-order valence-electron chi connectivity index (χ0n) is 15.2. The van der Waals surface area contributed by atoms with Gasteiger partial charge in [0.05, 0.1) is 28.2 Å². The lowest BCUT2D eigenvalue weighted by atomic mass is 10.1. The van der Waals surface area contributed by atoms with Crippen molar-refractivity contribution >= 4 is 35.0 Å². The largest absolute Gasteiger partial charge is 0.416 e. The van der Waals surface area contributed by atoms with Gasteiger partial charge in [0.1, 0.15) is 6.54 Å². The smallest absolute Gasteiger partial charge is 0.323 e. The number of hydrogen-bond acceptors (Lipinski definition) is 6. The zero-order valence-corrected chi connectivity index (χ0v) is 16.0. The maximum absolute atomic E-state index is 12.9. The molecule has 1 atom stereocenters. The van der Waals surface area contributed by atoms with Crippen molar-refractivity contribution in [1.82, 2.24) is 20.2 Å². The molecule has 28 heavy (non-hydrogen) atoms. The summed E-state index contributed by atoms with van der Waals surface area (Å²) < 4.78 is 40.4. The molecule has 0 aliphatic carbocycles. The third-order valence-electron chi connectivity index (χ3n) is 4.04. The Balaban J connectivity index is 1.86. The van der Waals surface area contributed by atoms with Gasteiger partial charge in [-0.2, -0.15) is 13.2 Å². The van der Waals surface area contributed by atoms with Gasteiger partial charge in [0.2, 0.25) is 17.0 Å². The van der Waals surface area contributed by atoms with Crippen LogP contribution in [0.5, 0.6) is 0 Å². The summed E-state index contributed by atoms with van der Waals surface area (Å²) in [4.78, 5) is 26.1. The van der Waals surface area contributed by atoms with Gasteiger partial charge in [-0.25, -0.2) is 4.68 Å². The lowest BCUT2D eigenvalue weighted by molar-refractivity contribution is -0.137. The van der Waals surface area contributed by atoms with Gasteiger partial charge in [-0.05, 0) is 49.4 Å². The van der Waals surface area contributed by atoms with E-state index >= 15 is 0 Å². The van der Waals surface area contributed by atoms with E-state index in [1.165, 1.54) is 11.0 Å². The highest BCUT2D eigenvalue weighted by atomic mass is 32.2. The molecular formula is C16H17F3N6O2S. The molecule has 1 aromatic heterocycles. The maximum atomic E-state index is 12.9. The number of carbonyl (C=O) groups is 2. The summed E-state index contributed by atoms with van der Waals surface area (Å²) in [5, 5.41) is 13.5. The highest BCUT2D eigenvalue weighted by Gasteiger charge is 2.35. The number of rotatable bonds is 4. The number of anilines is 2. The highest BCUT2D eigenvalue weighted by molar-refractivity contribution is 8.00. The Morgan fingerprint density at radius 1 is 1.29 bits per heavy atom. The number of carbonyl (C=O) groups excluding carboxylic acids is 2. The molecule has 1 aromatic carbocycles. The molecule has 150 valence electrons. The summed E-state index contributed by atoms with van der Waals surface area (Å²) in [5.41, 5.74) is -0.739. The van der Waals surface area contributed by atoms with Crippen molar-refractivity contribution in [2.75, 3.05) is 16.8 Å². The Kier molecular flexibility index (Phi) is 5.33. The van der Waals surface area contributed by atoms with E-state index in [0.29, 0.717) is 5.16 Å². The number of fused-ring (bicyclic) bond motifs is 1. The van der Waals surface area contributed by atoms with Gasteiger partial charge in [0, 0.05) is 0 Å². The van der Waals surface area contributed by atoms with Crippen LogP contribution in [0.25, 0.3) is 0 Å². The molecule has 0 saturated heterocycles. The third-order valence-corrected chi connectivity index (χ3v) is 5.07. The summed E-state index contributed by atoms with van der Waals surface area (Å²) in [6, 6.07) is 2.88. The Hall–Kier alpha value is -2.63.